The Balaban J connectivity index is 1.63. The van der Waals surface area contributed by atoms with Crippen LogP contribution in [0.1, 0.15) is 24.8 Å². The number of hydrogen-bond donors (Lipinski definition) is 0. The fourth-order valence-corrected chi connectivity index (χ4v) is 1.95. The van der Waals surface area contributed by atoms with Gasteiger partial charge in [0.1, 0.15) is 5.78 Å². The number of ketones is 1. The normalized spacial score (nSPS) is 16.2. The first-order valence-corrected chi connectivity index (χ1v) is 6.13. The van der Waals surface area contributed by atoms with E-state index in [1.165, 1.54) is 5.56 Å². The molecule has 1 aromatic carbocycles. The minimum absolute atomic E-state index is 0.229. The lowest BCUT2D eigenvalue weighted by Gasteiger charge is -2.07. The molecular formula is C14H18O3. The zero-order chi connectivity index (χ0) is 11.9. The van der Waals surface area contributed by atoms with Gasteiger partial charge in [0.15, 0.2) is 6.29 Å². The molecule has 0 bridgehead atoms. The molecule has 2 rings (SSSR count). The van der Waals surface area contributed by atoms with Crippen molar-refractivity contribution in [2.24, 2.45) is 0 Å². The van der Waals surface area contributed by atoms with Crippen LogP contribution >= 0.6 is 0 Å². The van der Waals surface area contributed by atoms with Crippen molar-refractivity contribution in [2.75, 3.05) is 13.2 Å². The topological polar surface area (TPSA) is 35.5 Å². The lowest BCUT2D eigenvalue weighted by atomic mass is 10.1. The number of rotatable bonds is 6. The van der Waals surface area contributed by atoms with Crippen molar-refractivity contribution < 1.29 is 14.3 Å². The number of aryl methyl sites for hydroxylation is 1. The molecule has 0 spiro atoms. The number of benzene rings is 1. The fourth-order valence-electron chi connectivity index (χ4n) is 1.95. The van der Waals surface area contributed by atoms with Crippen LogP contribution in [0.25, 0.3) is 0 Å². The second-order valence-electron chi connectivity index (χ2n) is 4.25. The molecule has 17 heavy (non-hydrogen) atoms. The van der Waals surface area contributed by atoms with E-state index in [9.17, 15) is 4.79 Å². The van der Waals surface area contributed by atoms with Crippen molar-refractivity contribution in [3.8, 4) is 0 Å². The Morgan fingerprint density at radius 2 is 1.88 bits per heavy atom. The zero-order valence-corrected chi connectivity index (χ0v) is 9.93. The van der Waals surface area contributed by atoms with E-state index in [-0.39, 0.29) is 12.1 Å². The van der Waals surface area contributed by atoms with Crippen LogP contribution in [0.3, 0.4) is 0 Å². The van der Waals surface area contributed by atoms with Gasteiger partial charge in [0, 0.05) is 6.42 Å². The molecule has 0 N–H and O–H groups in total. The third-order valence-electron chi connectivity index (χ3n) is 2.85. The molecular weight excluding hydrogens is 216 g/mol. The van der Waals surface area contributed by atoms with E-state index in [4.69, 9.17) is 9.47 Å². The Hall–Kier alpha value is -1.19. The summed E-state index contributed by atoms with van der Waals surface area (Å²) in [5.74, 6) is 0.229. The number of carbonyl (C=O) groups excluding carboxylic acids is 1. The standard InChI is InChI=1S/C14H18O3/c15-13(11-14-16-9-10-17-14)8-4-7-12-5-2-1-3-6-12/h1-3,5-6,14H,4,7-11H2. The molecule has 0 aliphatic carbocycles. The molecule has 3 nitrogen and oxygen atoms in total. The minimum Gasteiger partial charge on any atom is -0.350 e. The Bertz CT molecular complexity index is 342. The Labute approximate surface area is 102 Å². The maximum Gasteiger partial charge on any atom is 0.164 e. The van der Waals surface area contributed by atoms with E-state index in [1.807, 2.05) is 18.2 Å². The van der Waals surface area contributed by atoms with Crippen molar-refractivity contribution >= 4 is 5.78 Å². The van der Waals surface area contributed by atoms with Gasteiger partial charge in [-0.3, -0.25) is 4.79 Å². The highest BCUT2D eigenvalue weighted by Crippen LogP contribution is 2.11. The molecule has 1 heterocycles. The van der Waals surface area contributed by atoms with Crippen molar-refractivity contribution in [1.82, 2.24) is 0 Å². The first-order valence-electron chi connectivity index (χ1n) is 6.13. The van der Waals surface area contributed by atoms with Gasteiger partial charge >= 0.3 is 0 Å². The summed E-state index contributed by atoms with van der Waals surface area (Å²) in [6, 6.07) is 10.2. The van der Waals surface area contributed by atoms with Crippen LogP contribution in [-0.2, 0) is 20.7 Å². The molecule has 3 heteroatoms. The first kappa shape index (κ1) is 12.3. The SMILES string of the molecule is O=C(CCCc1ccccc1)CC1OCCO1. The summed E-state index contributed by atoms with van der Waals surface area (Å²) in [5.41, 5.74) is 1.29. The highest BCUT2D eigenvalue weighted by molar-refractivity contribution is 5.78. The van der Waals surface area contributed by atoms with Gasteiger partial charge in [0.05, 0.1) is 19.6 Å². The van der Waals surface area contributed by atoms with E-state index in [0.29, 0.717) is 26.1 Å². The molecule has 0 amide bonds. The van der Waals surface area contributed by atoms with Crippen molar-refractivity contribution in [1.29, 1.82) is 0 Å². The van der Waals surface area contributed by atoms with Crippen LogP contribution in [0.2, 0.25) is 0 Å². The quantitative estimate of drug-likeness (QED) is 0.758. The van der Waals surface area contributed by atoms with E-state index >= 15 is 0 Å². The van der Waals surface area contributed by atoms with Crippen LogP contribution in [0.5, 0.6) is 0 Å². The molecule has 1 saturated heterocycles. The maximum atomic E-state index is 11.6. The molecule has 1 aromatic rings. The number of hydrogen-bond acceptors (Lipinski definition) is 3. The molecule has 1 aliphatic rings. The van der Waals surface area contributed by atoms with Crippen molar-refractivity contribution in [2.45, 2.75) is 32.0 Å². The van der Waals surface area contributed by atoms with Gasteiger partial charge in [0.25, 0.3) is 0 Å². The third kappa shape index (κ3) is 4.29. The zero-order valence-electron chi connectivity index (χ0n) is 9.93. The summed E-state index contributed by atoms with van der Waals surface area (Å²) in [7, 11) is 0. The summed E-state index contributed by atoms with van der Waals surface area (Å²) >= 11 is 0. The molecule has 0 radical (unpaired) electrons. The molecule has 0 atom stereocenters. The molecule has 0 unspecified atom stereocenters. The lowest BCUT2D eigenvalue weighted by Crippen LogP contribution is -2.14. The summed E-state index contributed by atoms with van der Waals surface area (Å²) in [6.45, 7) is 1.23. The maximum absolute atomic E-state index is 11.6. The smallest absolute Gasteiger partial charge is 0.164 e. The Morgan fingerprint density at radius 1 is 1.18 bits per heavy atom. The minimum atomic E-state index is -0.292. The molecule has 1 fully saturated rings. The monoisotopic (exact) mass is 234 g/mol. The van der Waals surface area contributed by atoms with Gasteiger partial charge in [-0.1, -0.05) is 30.3 Å². The van der Waals surface area contributed by atoms with Crippen molar-refractivity contribution in [3.05, 3.63) is 35.9 Å². The van der Waals surface area contributed by atoms with Crippen LogP contribution in [0, 0.1) is 0 Å². The second kappa shape index (κ2) is 6.52. The van der Waals surface area contributed by atoms with Crippen LogP contribution in [-0.4, -0.2) is 25.3 Å². The lowest BCUT2D eigenvalue weighted by molar-refractivity contribution is -0.127. The van der Waals surface area contributed by atoms with E-state index in [1.54, 1.807) is 0 Å². The number of carbonyl (C=O) groups is 1. The predicted octanol–water partition coefficient (Wildman–Crippen LogP) is 2.34. The molecule has 1 aliphatic heterocycles. The molecule has 0 saturated carbocycles. The average molecular weight is 234 g/mol. The van der Waals surface area contributed by atoms with Gasteiger partial charge in [-0.2, -0.15) is 0 Å². The summed E-state index contributed by atoms with van der Waals surface area (Å²) in [4.78, 5) is 11.6. The third-order valence-corrected chi connectivity index (χ3v) is 2.85. The summed E-state index contributed by atoms with van der Waals surface area (Å²) in [6.07, 6.45) is 2.57. The van der Waals surface area contributed by atoms with Gasteiger partial charge < -0.3 is 9.47 Å². The highest BCUT2D eigenvalue weighted by Gasteiger charge is 2.19. The average Bonchev–Trinajstić information content (AvgIpc) is 2.83. The fraction of sp³-hybridized carbons (Fsp3) is 0.500. The van der Waals surface area contributed by atoms with Crippen LogP contribution in [0.4, 0.5) is 0 Å². The first-order chi connectivity index (χ1) is 8.34. The summed E-state index contributed by atoms with van der Waals surface area (Å²) in [5, 5.41) is 0. The number of ether oxygens (including phenoxy) is 2. The highest BCUT2D eigenvalue weighted by atomic mass is 16.7. The summed E-state index contributed by atoms with van der Waals surface area (Å²) < 4.78 is 10.5. The van der Waals surface area contributed by atoms with E-state index in [2.05, 4.69) is 12.1 Å². The largest absolute Gasteiger partial charge is 0.350 e. The van der Waals surface area contributed by atoms with E-state index < -0.39 is 0 Å². The van der Waals surface area contributed by atoms with Crippen LogP contribution in [0.15, 0.2) is 30.3 Å². The second-order valence-corrected chi connectivity index (χ2v) is 4.25. The molecule has 0 aromatic heterocycles. The van der Waals surface area contributed by atoms with Gasteiger partial charge in [-0.15, -0.1) is 0 Å². The van der Waals surface area contributed by atoms with Crippen LogP contribution < -0.4 is 0 Å². The van der Waals surface area contributed by atoms with Crippen molar-refractivity contribution in [3.63, 3.8) is 0 Å². The Morgan fingerprint density at radius 3 is 2.59 bits per heavy atom. The Kier molecular flexibility index (Phi) is 4.71. The van der Waals surface area contributed by atoms with Gasteiger partial charge in [-0.05, 0) is 18.4 Å². The number of Topliss-reactive ketones (excluding diaryl/α,β-unsaturated/α-hetero) is 1. The van der Waals surface area contributed by atoms with E-state index in [0.717, 1.165) is 12.8 Å². The predicted molar refractivity (Wildman–Crippen MR) is 64.7 cm³/mol. The molecule has 92 valence electrons. The van der Waals surface area contributed by atoms with Gasteiger partial charge in [-0.25, -0.2) is 0 Å². The van der Waals surface area contributed by atoms with Gasteiger partial charge in [0.2, 0.25) is 0 Å².